The van der Waals surface area contributed by atoms with E-state index < -0.39 is 5.97 Å². The van der Waals surface area contributed by atoms with Crippen molar-refractivity contribution in [2.24, 2.45) is 0 Å². The first-order valence-electron chi connectivity index (χ1n) is 12.1. The molecule has 0 bridgehead atoms. The number of rotatable bonds is 8. The first-order chi connectivity index (χ1) is 17.3. The molecule has 0 aliphatic rings. The van der Waals surface area contributed by atoms with Gasteiger partial charge in [-0.1, -0.05) is 58.4 Å². The molecule has 3 rings (SSSR count). The van der Waals surface area contributed by atoms with Crippen molar-refractivity contribution >= 4 is 34.4 Å². The lowest BCUT2D eigenvalue weighted by Gasteiger charge is -2.13. The van der Waals surface area contributed by atoms with Gasteiger partial charge in [0.2, 0.25) is 0 Å². The minimum absolute atomic E-state index is 0.169. The number of ether oxygens (including phenoxy) is 3. The van der Waals surface area contributed by atoms with Gasteiger partial charge in [0.15, 0.2) is 6.61 Å². The van der Waals surface area contributed by atoms with Crippen LogP contribution in [0.25, 0.3) is 10.9 Å². The van der Waals surface area contributed by atoms with Gasteiger partial charge in [-0.05, 0) is 61.4 Å². The molecular weight excluding hydrogens is 478 g/mol. The number of carbonyl (C=O) groups excluding carboxylic acids is 2. The molecule has 0 atom stereocenters. The van der Waals surface area contributed by atoms with E-state index in [0.29, 0.717) is 22.9 Å². The third-order valence-corrected chi connectivity index (χ3v) is 5.51. The van der Waals surface area contributed by atoms with Crippen LogP contribution in [-0.4, -0.2) is 36.8 Å². The summed E-state index contributed by atoms with van der Waals surface area (Å²) in [5, 5.41) is 1.56. The summed E-state index contributed by atoms with van der Waals surface area (Å²) in [6, 6.07) is 10.8. The minimum atomic E-state index is -0.457. The van der Waals surface area contributed by atoms with Crippen LogP contribution in [0.3, 0.4) is 0 Å². The zero-order valence-electron chi connectivity index (χ0n) is 22.4. The molecule has 0 saturated heterocycles. The van der Waals surface area contributed by atoms with Gasteiger partial charge in [0, 0.05) is 28.2 Å². The maximum Gasteiger partial charge on any atom is 0.343 e. The Labute approximate surface area is 219 Å². The Morgan fingerprint density at radius 1 is 1.08 bits per heavy atom. The van der Waals surface area contributed by atoms with E-state index >= 15 is 0 Å². The smallest absolute Gasteiger partial charge is 0.343 e. The van der Waals surface area contributed by atoms with Crippen LogP contribution in [-0.2, 0) is 20.8 Å². The van der Waals surface area contributed by atoms with E-state index in [1.165, 1.54) is 19.6 Å². The highest BCUT2D eigenvalue weighted by atomic mass is 35.5. The van der Waals surface area contributed by atoms with Crippen molar-refractivity contribution in [3.63, 3.8) is 0 Å². The molecule has 7 heteroatoms. The lowest BCUT2D eigenvalue weighted by atomic mass is 10.1. The highest BCUT2D eigenvalue weighted by Gasteiger charge is 2.16. The second-order valence-electron chi connectivity index (χ2n) is 7.74. The van der Waals surface area contributed by atoms with Gasteiger partial charge in [-0.3, -0.25) is 0 Å². The molecule has 0 spiro atoms. The first kappa shape index (κ1) is 30.8. The fraction of sp³-hybridized carbons (Fsp3) is 0.379. The van der Waals surface area contributed by atoms with Crippen LogP contribution in [0, 0.1) is 13.8 Å². The molecule has 0 unspecified atom stereocenters. The second kappa shape index (κ2) is 15.7. The Morgan fingerprint density at radius 2 is 1.75 bits per heavy atom. The molecule has 0 N–H and O–H groups in total. The number of esters is 2. The maximum atomic E-state index is 12.2. The van der Waals surface area contributed by atoms with Crippen LogP contribution in [0.4, 0.5) is 0 Å². The van der Waals surface area contributed by atoms with Gasteiger partial charge in [-0.2, -0.15) is 0 Å². The van der Waals surface area contributed by atoms with E-state index in [1.807, 2.05) is 45.9 Å². The number of nitrogens with zero attached hydrogens (tertiary/aromatic N) is 1. The molecule has 196 valence electrons. The lowest BCUT2D eigenvalue weighted by molar-refractivity contribution is -0.142. The number of methoxy groups -OCH3 is 1. The molecular formula is C29H38ClNO5. The number of fused-ring (bicyclic) bond motifs is 1. The van der Waals surface area contributed by atoms with Crippen LogP contribution in [0.15, 0.2) is 49.1 Å². The molecule has 0 saturated carbocycles. The monoisotopic (exact) mass is 515 g/mol. The number of aromatic nitrogens is 1. The Kier molecular flexibility index (Phi) is 13.4. The third kappa shape index (κ3) is 8.16. The van der Waals surface area contributed by atoms with Gasteiger partial charge in [0.25, 0.3) is 0 Å². The zero-order valence-corrected chi connectivity index (χ0v) is 23.2. The molecule has 0 amide bonds. The largest absolute Gasteiger partial charge is 0.482 e. The molecule has 0 aliphatic heterocycles. The molecule has 0 aliphatic carbocycles. The number of benzene rings is 2. The van der Waals surface area contributed by atoms with E-state index in [1.54, 1.807) is 18.2 Å². The molecule has 0 radical (unpaired) electrons. The maximum absolute atomic E-state index is 12.2. The summed E-state index contributed by atoms with van der Waals surface area (Å²) >= 11 is 6.43. The number of aryl methyl sites for hydroxylation is 1. The summed E-state index contributed by atoms with van der Waals surface area (Å²) < 4.78 is 17.4. The van der Waals surface area contributed by atoms with Gasteiger partial charge in [0.1, 0.15) is 12.4 Å². The predicted molar refractivity (Wildman–Crippen MR) is 147 cm³/mol. The Balaban J connectivity index is 0.00000120. The summed E-state index contributed by atoms with van der Waals surface area (Å²) in [4.78, 5) is 23.6. The molecule has 6 nitrogen and oxygen atoms in total. The van der Waals surface area contributed by atoms with Crippen molar-refractivity contribution in [2.75, 3.05) is 20.3 Å². The van der Waals surface area contributed by atoms with Crippen LogP contribution >= 0.6 is 11.6 Å². The fourth-order valence-corrected chi connectivity index (χ4v) is 3.51. The fourth-order valence-electron chi connectivity index (χ4n) is 3.33. The molecule has 36 heavy (non-hydrogen) atoms. The number of carbonyl (C=O) groups is 2. The highest BCUT2D eigenvalue weighted by molar-refractivity contribution is 6.31. The average Bonchev–Trinajstić information content (AvgIpc) is 3.13. The van der Waals surface area contributed by atoms with Crippen LogP contribution < -0.4 is 4.74 Å². The highest BCUT2D eigenvalue weighted by Crippen LogP contribution is 2.30. The van der Waals surface area contributed by atoms with Gasteiger partial charge in [0.05, 0.1) is 12.7 Å². The number of hydrogen-bond donors (Lipinski definition) is 0. The zero-order chi connectivity index (χ0) is 27.3. The molecule has 1 aromatic heterocycles. The Bertz CT molecular complexity index is 1170. The van der Waals surface area contributed by atoms with Crippen molar-refractivity contribution in [1.82, 2.24) is 4.57 Å². The average molecular weight is 516 g/mol. The van der Waals surface area contributed by atoms with Gasteiger partial charge >= 0.3 is 11.9 Å². The third-order valence-electron chi connectivity index (χ3n) is 5.14. The SMILES string of the molecule is C=CCOC(=O)c1ccc2c(c1)c(C)c(C)n2Cc1cc(OCC(=O)OC)ccc1Cl.CC.CCC. The van der Waals surface area contributed by atoms with Gasteiger partial charge < -0.3 is 18.8 Å². The van der Waals surface area contributed by atoms with E-state index in [9.17, 15) is 9.59 Å². The summed E-state index contributed by atoms with van der Waals surface area (Å²) in [7, 11) is 1.31. The molecule has 1 heterocycles. The van der Waals surface area contributed by atoms with Gasteiger partial charge in [-0.25, -0.2) is 9.59 Å². The molecule has 2 aromatic carbocycles. The summed E-state index contributed by atoms with van der Waals surface area (Å²) in [5.74, 6) is -0.310. The lowest BCUT2D eigenvalue weighted by Crippen LogP contribution is -2.12. The molecule has 0 fully saturated rings. The van der Waals surface area contributed by atoms with Gasteiger partial charge in [-0.15, -0.1) is 0 Å². The first-order valence-corrected chi connectivity index (χ1v) is 12.5. The van der Waals surface area contributed by atoms with Crippen LogP contribution in [0.1, 0.15) is 61.3 Å². The van der Waals surface area contributed by atoms with Crippen molar-refractivity contribution in [2.45, 2.75) is 54.5 Å². The Morgan fingerprint density at radius 3 is 2.36 bits per heavy atom. The normalized spacial score (nSPS) is 9.89. The number of halogens is 1. The van der Waals surface area contributed by atoms with Crippen LogP contribution in [0.5, 0.6) is 5.75 Å². The summed E-state index contributed by atoms with van der Waals surface area (Å²) in [5.41, 5.74) is 4.45. The van der Waals surface area contributed by atoms with Crippen molar-refractivity contribution in [3.05, 3.63) is 76.5 Å². The van der Waals surface area contributed by atoms with E-state index in [2.05, 4.69) is 29.7 Å². The van der Waals surface area contributed by atoms with Crippen molar-refractivity contribution in [1.29, 1.82) is 0 Å². The predicted octanol–water partition coefficient (Wildman–Crippen LogP) is 7.30. The van der Waals surface area contributed by atoms with E-state index in [0.717, 1.165) is 27.7 Å². The van der Waals surface area contributed by atoms with Crippen molar-refractivity contribution in [3.8, 4) is 5.75 Å². The standard InChI is InChI=1S/C24H24ClNO5.C3H8.C2H6/c1-5-10-30-24(28)17-6-9-22-20(12-17)15(2)16(3)26(22)13-18-11-19(7-8-21(18)25)31-14-23(27)29-4;1-3-2;1-2/h5-9,11-12H,1,10,13-14H2,2-4H3;3H2,1-2H3;1-2H3. The van der Waals surface area contributed by atoms with Crippen molar-refractivity contribution < 1.29 is 23.8 Å². The van der Waals surface area contributed by atoms with E-state index in [4.69, 9.17) is 21.1 Å². The topological polar surface area (TPSA) is 66.8 Å². The minimum Gasteiger partial charge on any atom is -0.482 e. The van der Waals surface area contributed by atoms with E-state index in [-0.39, 0.29) is 19.2 Å². The quantitative estimate of drug-likeness (QED) is 0.232. The number of hydrogen-bond acceptors (Lipinski definition) is 5. The summed E-state index contributed by atoms with van der Waals surface area (Å²) in [6.07, 6.45) is 2.79. The summed E-state index contributed by atoms with van der Waals surface area (Å²) in [6.45, 7) is 16.4. The van der Waals surface area contributed by atoms with Crippen LogP contribution in [0.2, 0.25) is 5.02 Å². The molecule has 3 aromatic rings. The Hall–Kier alpha value is -3.25. The second-order valence-corrected chi connectivity index (χ2v) is 8.15.